The Morgan fingerprint density at radius 3 is 2.61 bits per heavy atom. The molecule has 3 fully saturated rings. The maximum absolute atomic E-state index is 13.6. The van der Waals surface area contributed by atoms with Crippen molar-refractivity contribution in [3.63, 3.8) is 0 Å². The van der Waals surface area contributed by atoms with E-state index in [9.17, 15) is 9.18 Å². The van der Waals surface area contributed by atoms with Gasteiger partial charge in [0.05, 0.1) is 11.9 Å². The van der Waals surface area contributed by atoms with Crippen LogP contribution in [0.25, 0.3) is 11.3 Å². The van der Waals surface area contributed by atoms with Gasteiger partial charge in [0.25, 0.3) is 0 Å². The molecule has 0 aliphatic carbocycles. The SMILES string of the molecule is O=C1NC(N2CCN(c3ncccn3)CC2)NC(N[C@@H]2CCCNC2)C1c1nc(-c2ccc(F)cc2)cs1. The van der Waals surface area contributed by atoms with Crippen LogP contribution in [-0.4, -0.2) is 83.5 Å². The van der Waals surface area contributed by atoms with Crippen molar-refractivity contribution in [3.05, 3.63) is 58.9 Å². The van der Waals surface area contributed by atoms with Crippen LogP contribution < -0.4 is 26.2 Å². The lowest BCUT2D eigenvalue weighted by Gasteiger charge is -2.45. The summed E-state index contributed by atoms with van der Waals surface area (Å²) in [7, 11) is 0. The van der Waals surface area contributed by atoms with Crippen molar-refractivity contribution < 1.29 is 9.18 Å². The molecule has 2 aromatic heterocycles. The monoisotopic (exact) mass is 537 g/mol. The fraction of sp³-hybridized carbons (Fsp3) is 0.462. The van der Waals surface area contributed by atoms with Crippen molar-refractivity contribution in [2.75, 3.05) is 44.2 Å². The number of rotatable bonds is 6. The molecule has 38 heavy (non-hydrogen) atoms. The summed E-state index contributed by atoms with van der Waals surface area (Å²) in [5.41, 5.74) is 1.58. The number of aromatic nitrogens is 3. The van der Waals surface area contributed by atoms with Crippen LogP contribution in [0.15, 0.2) is 48.1 Å². The predicted molar refractivity (Wildman–Crippen MR) is 144 cm³/mol. The van der Waals surface area contributed by atoms with Crippen LogP contribution >= 0.6 is 11.3 Å². The lowest BCUT2D eigenvalue weighted by Crippen LogP contribution is -2.72. The summed E-state index contributed by atoms with van der Waals surface area (Å²) in [4.78, 5) is 31.6. The Hall–Kier alpha value is -3.03. The molecule has 12 heteroatoms. The van der Waals surface area contributed by atoms with E-state index < -0.39 is 5.92 Å². The van der Waals surface area contributed by atoms with Crippen molar-refractivity contribution in [1.29, 1.82) is 0 Å². The van der Waals surface area contributed by atoms with Gasteiger partial charge in [0.2, 0.25) is 11.9 Å². The fourth-order valence-electron chi connectivity index (χ4n) is 5.35. The molecule has 3 aliphatic heterocycles. The second-order valence-electron chi connectivity index (χ2n) is 9.89. The van der Waals surface area contributed by atoms with E-state index in [0.717, 1.165) is 74.3 Å². The van der Waals surface area contributed by atoms with Crippen LogP contribution in [0.3, 0.4) is 0 Å². The van der Waals surface area contributed by atoms with Gasteiger partial charge in [-0.05, 0) is 49.7 Å². The van der Waals surface area contributed by atoms with Crippen LogP contribution in [0.1, 0.15) is 23.8 Å². The van der Waals surface area contributed by atoms with Crippen molar-refractivity contribution in [3.8, 4) is 11.3 Å². The van der Waals surface area contributed by atoms with Gasteiger partial charge in [0.1, 0.15) is 23.0 Å². The average molecular weight is 538 g/mol. The van der Waals surface area contributed by atoms with Gasteiger partial charge in [0.15, 0.2) is 0 Å². The summed E-state index contributed by atoms with van der Waals surface area (Å²) in [5, 5.41) is 16.7. The summed E-state index contributed by atoms with van der Waals surface area (Å²) in [6.07, 6.45) is 5.10. The molecular weight excluding hydrogens is 505 g/mol. The molecule has 3 saturated heterocycles. The number of hydrogen-bond acceptors (Lipinski definition) is 10. The smallest absolute Gasteiger partial charge is 0.235 e. The normalized spacial score (nSPS) is 26.8. The Morgan fingerprint density at radius 2 is 1.87 bits per heavy atom. The molecule has 1 amide bonds. The molecule has 0 bridgehead atoms. The highest BCUT2D eigenvalue weighted by Gasteiger charge is 2.42. The van der Waals surface area contributed by atoms with E-state index in [1.54, 1.807) is 24.5 Å². The Balaban J connectivity index is 1.18. The fourth-order valence-corrected chi connectivity index (χ4v) is 6.31. The topological polar surface area (TPSA) is 110 Å². The number of nitrogens with zero attached hydrogens (tertiary/aromatic N) is 5. The molecule has 4 atom stereocenters. The number of amides is 1. The van der Waals surface area contributed by atoms with E-state index in [-0.39, 0.29) is 30.2 Å². The van der Waals surface area contributed by atoms with Crippen LogP contribution in [0, 0.1) is 5.82 Å². The molecule has 0 saturated carbocycles. The first kappa shape index (κ1) is 25.3. The van der Waals surface area contributed by atoms with E-state index in [4.69, 9.17) is 4.98 Å². The Bertz CT molecular complexity index is 1210. The third-order valence-corrected chi connectivity index (χ3v) is 8.31. The molecule has 3 unspecified atom stereocenters. The van der Waals surface area contributed by atoms with Gasteiger partial charge < -0.3 is 15.5 Å². The number of carbonyl (C=O) groups is 1. The zero-order valence-electron chi connectivity index (χ0n) is 21.0. The molecule has 0 spiro atoms. The summed E-state index contributed by atoms with van der Waals surface area (Å²) < 4.78 is 13.4. The van der Waals surface area contributed by atoms with Crippen molar-refractivity contribution in [2.45, 2.75) is 37.3 Å². The molecule has 3 aromatic rings. The number of anilines is 1. The van der Waals surface area contributed by atoms with Gasteiger partial charge in [0, 0.05) is 62.1 Å². The zero-order valence-corrected chi connectivity index (χ0v) is 21.8. The summed E-state index contributed by atoms with van der Waals surface area (Å²) in [6.45, 7) is 4.98. The van der Waals surface area contributed by atoms with Crippen molar-refractivity contribution in [1.82, 2.24) is 41.1 Å². The number of nitrogens with one attached hydrogen (secondary N) is 4. The molecular formula is C26H32FN9OS. The van der Waals surface area contributed by atoms with Gasteiger partial charge in [-0.3, -0.25) is 20.3 Å². The largest absolute Gasteiger partial charge is 0.338 e. The maximum Gasteiger partial charge on any atom is 0.235 e. The van der Waals surface area contributed by atoms with Crippen LogP contribution in [-0.2, 0) is 4.79 Å². The standard InChI is InChI=1S/C26H32FN9OS/c27-18-6-4-17(5-7-18)20-16-38-24(32-20)21-22(31-19-3-1-8-28-15-19)33-26(34-23(21)37)36-13-11-35(12-14-36)25-29-9-2-10-30-25/h2,4-7,9-10,16,19,21-22,26,28,31,33H,1,3,8,11-15H2,(H,34,37)/t19-,21?,22?,26?/m1/s1. The minimum atomic E-state index is -0.480. The highest BCUT2D eigenvalue weighted by Crippen LogP contribution is 2.30. The van der Waals surface area contributed by atoms with Gasteiger partial charge >= 0.3 is 0 Å². The quantitative estimate of drug-likeness (QED) is 0.370. The van der Waals surface area contributed by atoms with Crippen LogP contribution in [0.4, 0.5) is 10.3 Å². The molecule has 3 aliphatic rings. The molecule has 6 rings (SSSR count). The van der Waals surface area contributed by atoms with Crippen LogP contribution in [0.5, 0.6) is 0 Å². The van der Waals surface area contributed by atoms with Gasteiger partial charge in [-0.15, -0.1) is 11.3 Å². The number of carbonyl (C=O) groups excluding carboxylic acids is 1. The second kappa shape index (κ2) is 11.4. The van der Waals surface area contributed by atoms with E-state index in [0.29, 0.717) is 0 Å². The second-order valence-corrected chi connectivity index (χ2v) is 10.8. The highest BCUT2D eigenvalue weighted by atomic mass is 32.1. The van der Waals surface area contributed by atoms with E-state index >= 15 is 0 Å². The molecule has 0 radical (unpaired) electrons. The van der Waals surface area contributed by atoms with Gasteiger partial charge in [-0.25, -0.2) is 19.3 Å². The first-order valence-corrected chi connectivity index (χ1v) is 14.0. The first-order chi connectivity index (χ1) is 18.6. The number of benzene rings is 1. The number of halogens is 1. The number of hydrogen-bond donors (Lipinski definition) is 4. The maximum atomic E-state index is 13.6. The van der Waals surface area contributed by atoms with Crippen LogP contribution in [0.2, 0.25) is 0 Å². The lowest BCUT2D eigenvalue weighted by molar-refractivity contribution is -0.129. The van der Waals surface area contributed by atoms with E-state index in [2.05, 4.69) is 41.0 Å². The van der Waals surface area contributed by atoms with E-state index in [1.807, 2.05) is 11.4 Å². The Morgan fingerprint density at radius 1 is 1.08 bits per heavy atom. The third kappa shape index (κ3) is 5.54. The molecule has 1 aromatic carbocycles. The van der Waals surface area contributed by atoms with Gasteiger partial charge in [-0.1, -0.05) is 0 Å². The molecule has 5 heterocycles. The molecule has 200 valence electrons. The number of thiazole rings is 1. The minimum Gasteiger partial charge on any atom is -0.338 e. The van der Waals surface area contributed by atoms with Crippen molar-refractivity contribution in [2.24, 2.45) is 0 Å². The number of piperazine rings is 1. The Labute approximate surface area is 225 Å². The van der Waals surface area contributed by atoms with E-state index in [1.165, 1.54) is 23.5 Å². The first-order valence-electron chi connectivity index (χ1n) is 13.1. The Kier molecular flexibility index (Phi) is 7.56. The molecule has 10 nitrogen and oxygen atoms in total. The summed E-state index contributed by atoms with van der Waals surface area (Å²) in [6, 6.07) is 8.37. The number of piperidine rings is 1. The minimum absolute atomic E-state index is 0.0520. The van der Waals surface area contributed by atoms with Crippen molar-refractivity contribution >= 4 is 23.2 Å². The lowest BCUT2D eigenvalue weighted by atomic mass is 10.00. The summed E-state index contributed by atoms with van der Waals surface area (Å²) in [5.74, 6) is -0.0817. The third-order valence-electron chi connectivity index (χ3n) is 7.39. The zero-order chi connectivity index (χ0) is 25.9. The highest BCUT2D eigenvalue weighted by molar-refractivity contribution is 7.10. The predicted octanol–water partition coefficient (Wildman–Crippen LogP) is 1.32. The molecule has 4 N–H and O–H groups in total. The van der Waals surface area contributed by atoms with Gasteiger partial charge in [-0.2, -0.15) is 0 Å². The average Bonchev–Trinajstić information content (AvgIpc) is 3.44. The summed E-state index contributed by atoms with van der Waals surface area (Å²) >= 11 is 1.46.